The van der Waals surface area contributed by atoms with Crippen LogP contribution in [-0.2, 0) is 4.79 Å². The van der Waals surface area contributed by atoms with Crippen molar-refractivity contribution >= 4 is 5.91 Å². The van der Waals surface area contributed by atoms with Crippen molar-refractivity contribution in [3.63, 3.8) is 0 Å². The fourth-order valence-electron chi connectivity index (χ4n) is 4.68. The highest BCUT2D eigenvalue weighted by molar-refractivity contribution is 5.73. The normalized spacial score (nSPS) is 44.9. The summed E-state index contributed by atoms with van der Waals surface area (Å²) in [5.41, 5.74) is 5.16. The van der Waals surface area contributed by atoms with Gasteiger partial charge in [0.1, 0.15) is 0 Å². The number of amides is 1. The summed E-state index contributed by atoms with van der Waals surface area (Å²) in [6.45, 7) is 0.778. The van der Waals surface area contributed by atoms with Crippen LogP contribution in [0, 0.1) is 23.7 Å². The van der Waals surface area contributed by atoms with Crippen LogP contribution in [0.25, 0.3) is 0 Å². The average Bonchev–Trinajstić information content (AvgIpc) is 2.87. The van der Waals surface area contributed by atoms with Crippen LogP contribution < -0.4 is 11.1 Å². The Hall–Kier alpha value is -0.570. The second-order valence-corrected chi connectivity index (χ2v) is 5.93. The first kappa shape index (κ1) is 10.6. The number of fused-ring (bicyclic) bond motifs is 5. The zero-order chi connectivity index (χ0) is 11.1. The number of carbonyl (C=O) groups is 1. The molecule has 3 rings (SSSR count). The maximum absolute atomic E-state index is 10.7. The quantitative estimate of drug-likeness (QED) is 0.752. The van der Waals surface area contributed by atoms with Crippen LogP contribution in [-0.4, -0.2) is 18.5 Å². The molecule has 5 unspecified atom stereocenters. The lowest BCUT2D eigenvalue weighted by Crippen LogP contribution is -2.40. The average molecular weight is 222 g/mol. The molecule has 16 heavy (non-hydrogen) atoms. The molecule has 0 aromatic rings. The van der Waals surface area contributed by atoms with Crippen molar-refractivity contribution in [2.24, 2.45) is 29.4 Å². The van der Waals surface area contributed by atoms with Gasteiger partial charge in [-0.15, -0.1) is 0 Å². The van der Waals surface area contributed by atoms with Gasteiger partial charge in [-0.1, -0.05) is 6.42 Å². The predicted molar refractivity (Wildman–Crippen MR) is 62.6 cm³/mol. The molecule has 5 atom stereocenters. The van der Waals surface area contributed by atoms with E-state index in [0.717, 1.165) is 30.2 Å². The van der Waals surface area contributed by atoms with Gasteiger partial charge in [0, 0.05) is 19.0 Å². The Labute approximate surface area is 97.2 Å². The highest BCUT2D eigenvalue weighted by Gasteiger charge is 2.53. The van der Waals surface area contributed by atoms with E-state index in [1.807, 2.05) is 0 Å². The molecule has 0 spiro atoms. The topological polar surface area (TPSA) is 55.1 Å². The van der Waals surface area contributed by atoms with E-state index in [0.29, 0.717) is 12.5 Å². The zero-order valence-corrected chi connectivity index (χ0v) is 9.82. The molecule has 1 amide bonds. The molecule has 3 heteroatoms. The van der Waals surface area contributed by atoms with Crippen molar-refractivity contribution < 1.29 is 4.79 Å². The minimum absolute atomic E-state index is 0.186. The minimum atomic E-state index is -0.186. The summed E-state index contributed by atoms with van der Waals surface area (Å²) in [5, 5.41) is 3.56. The fraction of sp³-hybridized carbons (Fsp3) is 0.923. The van der Waals surface area contributed by atoms with E-state index in [9.17, 15) is 4.79 Å². The Morgan fingerprint density at radius 2 is 2.00 bits per heavy atom. The largest absolute Gasteiger partial charge is 0.370 e. The van der Waals surface area contributed by atoms with Gasteiger partial charge in [0.05, 0.1) is 0 Å². The Kier molecular flexibility index (Phi) is 2.66. The molecule has 3 aliphatic carbocycles. The standard InChI is InChI=1S/C13H22N2O/c14-13(16)4-5-15-12-7-8-6-11(12)10-3-1-2-9(8)10/h8-12,15H,1-7H2,(H2,14,16). The number of rotatable bonds is 4. The molecule has 3 aliphatic rings. The van der Waals surface area contributed by atoms with Gasteiger partial charge in [-0.05, 0) is 49.4 Å². The van der Waals surface area contributed by atoms with Gasteiger partial charge in [-0.2, -0.15) is 0 Å². The number of nitrogens with one attached hydrogen (secondary N) is 1. The van der Waals surface area contributed by atoms with Crippen LogP contribution in [0.15, 0.2) is 0 Å². The van der Waals surface area contributed by atoms with Crippen LogP contribution in [0.3, 0.4) is 0 Å². The van der Waals surface area contributed by atoms with Crippen molar-refractivity contribution in [2.75, 3.05) is 6.54 Å². The number of primary amides is 1. The van der Waals surface area contributed by atoms with Crippen LogP contribution in [0.4, 0.5) is 0 Å². The van der Waals surface area contributed by atoms with Gasteiger partial charge in [-0.25, -0.2) is 0 Å². The maximum Gasteiger partial charge on any atom is 0.218 e. The summed E-state index contributed by atoms with van der Waals surface area (Å²) in [7, 11) is 0. The Balaban J connectivity index is 1.54. The van der Waals surface area contributed by atoms with Gasteiger partial charge < -0.3 is 11.1 Å². The molecular weight excluding hydrogens is 200 g/mol. The van der Waals surface area contributed by atoms with E-state index in [1.54, 1.807) is 0 Å². The molecule has 3 fully saturated rings. The zero-order valence-electron chi connectivity index (χ0n) is 9.82. The first-order valence-electron chi connectivity index (χ1n) is 6.77. The second-order valence-electron chi connectivity index (χ2n) is 5.93. The van der Waals surface area contributed by atoms with E-state index in [4.69, 9.17) is 5.73 Å². The molecule has 0 aromatic heterocycles. The van der Waals surface area contributed by atoms with E-state index in [1.165, 1.54) is 32.1 Å². The molecule has 0 heterocycles. The highest BCUT2D eigenvalue weighted by Crippen LogP contribution is 2.58. The second kappa shape index (κ2) is 4.02. The lowest BCUT2D eigenvalue weighted by molar-refractivity contribution is -0.117. The molecule has 3 nitrogen and oxygen atoms in total. The number of carbonyl (C=O) groups excluding carboxylic acids is 1. The number of hydrogen-bond donors (Lipinski definition) is 2. The summed E-state index contributed by atoms with van der Waals surface area (Å²) < 4.78 is 0. The number of hydrogen-bond acceptors (Lipinski definition) is 2. The molecular formula is C13H22N2O. The van der Waals surface area contributed by atoms with Crippen LogP contribution in [0.5, 0.6) is 0 Å². The summed E-state index contributed by atoms with van der Waals surface area (Å²) >= 11 is 0. The lowest BCUT2D eigenvalue weighted by atomic mass is 9.79. The monoisotopic (exact) mass is 222 g/mol. The van der Waals surface area contributed by atoms with E-state index >= 15 is 0 Å². The van der Waals surface area contributed by atoms with Crippen LogP contribution >= 0.6 is 0 Å². The molecule has 3 N–H and O–H groups in total. The molecule has 0 radical (unpaired) electrons. The van der Waals surface area contributed by atoms with E-state index in [-0.39, 0.29) is 5.91 Å². The van der Waals surface area contributed by atoms with Gasteiger partial charge >= 0.3 is 0 Å². The van der Waals surface area contributed by atoms with Gasteiger partial charge in [-0.3, -0.25) is 4.79 Å². The van der Waals surface area contributed by atoms with E-state index in [2.05, 4.69) is 5.32 Å². The van der Waals surface area contributed by atoms with Crippen molar-refractivity contribution in [2.45, 2.75) is 44.6 Å². The highest BCUT2D eigenvalue weighted by atomic mass is 16.1. The SMILES string of the molecule is NC(=O)CCNC1CC2CC1C1CCCC21. The summed E-state index contributed by atoms with van der Waals surface area (Å²) in [4.78, 5) is 10.7. The lowest BCUT2D eigenvalue weighted by Gasteiger charge is -2.32. The molecule has 0 aromatic carbocycles. The van der Waals surface area contributed by atoms with Crippen molar-refractivity contribution in [3.8, 4) is 0 Å². The van der Waals surface area contributed by atoms with Crippen molar-refractivity contribution in [1.29, 1.82) is 0 Å². The third kappa shape index (κ3) is 1.65. The van der Waals surface area contributed by atoms with Crippen molar-refractivity contribution in [1.82, 2.24) is 5.32 Å². The smallest absolute Gasteiger partial charge is 0.218 e. The molecule has 90 valence electrons. The third-order valence-electron chi connectivity index (χ3n) is 5.21. The predicted octanol–water partition coefficient (Wildman–Crippen LogP) is 1.28. The Morgan fingerprint density at radius 3 is 2.81 bits per heavy atom. The molecule has 0 saturated heterocycles. The summed E-state index contributed by atoms with van der Waals surface area (Å²) in [6.07, 6.45) is 7.69. The van der Waals surface area contributed by atoms with Crippen LogP contribution in [0.2, 0.25) is 0 Å². The van der Waals surface area contributed by atoms with E-state index < -0.39 is 0 Å². The van der Waals surface area contributed by atoms with Crippen LogP contribution in [0.1, 0.15) is 38.5 Å². The minimum Gasteiger partial charge on any atom is -0.370 e. The maximum atomic E-state index is 10.7. The Morgan fingerprint density at radius 1 is 1.19 bits per heavy atom. The van der Waals surface area contributed by atoms with Gasteiger partial charge in [0.25, 0.3) is 0 Å². The fourth-order valence-corrected chi connectivity index (χ4v) is 4.68. The molecule has 0 aliphatic heterocycles. The first-order valence-corrected chi connectivity index (χ1v) is 6.77. The first-order chi connectivity index (χ1) is 7.75. The summed E-state index contributed by atoms with van der Waals surface area (Å²) in [5.74, 6) is 3.77. The van der Waals surface area contributed by atoms with Crippen molar-refractivity contribution in [3.05, 3.63) is 0 Å². The molecule has 3 saturated carbocycles. The van der Waals surface area contributed by atoms with Gasteiger partial charge in [0.2, 0.25) is 5.91 Å². The number of nitrogens with two attached hydrogens (primary N) is 1. The summed E-state index contributed by atoms with van der Waals surface area (Å²) in [6, 6.07) is 0.684. The third-order valence-corrected chi connectivity index (χ3v) is 5.21. The molecule has 2 bridgehead atoms. The Bertz CT molecular complexity index is 292. The van der Waals surface area contributed by atoms with Gasteiger partial charge in [0.15, 0.2) is 0 Å².